The zero-order valence-electron chi connectivity index (χ0n) is 30.4. The number of aryl methyl sites for hydroxylation is 4. The summed E-state index contributed by atoms with van der Waals surface area (Å²) in [5.41, 5.74) is 16.5. The number of nitrogens with zero attached hydrogens (tertiary/aromatic N) is 2. The van der Waals surface area contributed by atoms with E-state index in [0.29, 0.717) is 0 Å². The van der Waals surface area contributed by atoms with Gasteiger partial charge in [-0.1, -0.05) is 158 Å². The third-order valence-electron chi connectivity index (χ3n) is 9.34. The van der Waals surface area contributed by atoms with Crippen LogP contribution in [-0.4, -0.2) is 0 Å². The fraction of sp³-hybridized carbons (Fsp3) is 0.115. The molecule has 2 nitrogen and oxygen atoms in total. The van der Waals surface area contributed by atoms with Crippen molar-refractivity contribution in [1.82, 2.24) is 0 Å². The second kappa shape index (κ2) is 17.9. The van der Waals surface area contributed by atoms with Gasteiger partial charge < -0.3 is 9.80 Å². The molecular weight excluding hydrogens is 653 g/mol. The first kappa shape index (κ1) is 38.8. The number of hydrogen-bond acceptors (Lipinski definition) is 2. The molecule has 7 aromatic rings. The highest BCUT2D eigenvalue weighted by molar-refractivity contribution is 5.80. The summed E-state index contributed by atoms with van der Waals surface area (Å²) in [6.45, 7) is 8.50. The Balaban J connectivity index is 0.00000280. The summed E-state index contributed by atoms with van der Waals surface area (Å²) < 4.78 is 0. The van der Waals surface area contributed by atoms with Crippen molar-refractivity contribution < 1.29 is 0 Å². The maximum Gasteiger partial charge on any atom is 0.0462 e. The molecule has 0 aliphatic heterocycles. The van der Waals surface area contributed by atoms with Crippen molar-refractivity contribution in [2.24, 2.45) is 0 Å². The van der Waals surface area contributed by atoms with Gasteiger partial charge in [0.15, 0.2) is 0 Å². The summed E-state index contributed by atoms with van der Waals surface area (Å²) in [6.07, 6.45) is 8.70. The molecule has 0 aromatic heterocycles. The number of hydrogen-bond donors (Lipinski definition) is 0. The van der Waals surface area contributed by atoms with E-state index in [9.17, 15) is 0 Å². The molecule has 0 saturated heterocycles. The third-order valence-corrected chi connectivity index (χ3v) is 9.34. The monoisotopic (exact) mass is 704 g/mol. The van der Waals surface area contributed by atoms with Crippen molar-refractivity contribution in [3.63, 3.8) is 0 Å². The summed E-state index contributed by atoms with van der Waals surface area (Å²) in [6, 6.07) is 61.0. The molecule has 0 amide bonds. The van der Waals surface area contributed by atoms with Crippen LogP contribution in [-0.2, 0) is 0 Å². The van der Waals surface area contributed by atoms with E-state index in [1.807, 2.05) is 0 Å². The van der Waals surface area contributed by atoms with Gasteiger partial charge in [-0.05, 0) is 123 Å². The van der Waals surface area contributed by atoms with Crippen molar-refractivity contribution in [2.45, 2.75) is 42.5 Å². The normalized spacial score (nSPS) is 10.9. The summed E-state index contributed by atoms with van der Waals surface area (Å²) in [5, 5.41) is 0. The van der Waals surface area contributed by atoms with E-state index in [4.69, 9.17) is 0 Å². The van der Waals surface area contributed by atoms with Crippen molar-refractivity contribution in [3.05, 3.63) is 214 Å². The van der Waals surface area contributed by atoms with E-state index in [1.165, 1.54) is 33.4 Å². The smallest absolute Gasteiger partial charge is 0.0462 e. The molecule has 0 aliphatic rings. The predicted octanol–water partition coefficient (Wildman–Crippen LogP) is 15.5. The van der Waals surface area contributed by atoms with E-state index in [-0.39, 0.29) is 14.9 Å². The van der Waals surface area contributed by atoms with Gasteiger partial charge in [0.25, 0.3) is 0 Å². The second-order valence-corrected chi connectivity index (χ2v) is 13.5. The van der Waals surface area contributed by atoms with Gasteiger partial charge in [0, 0.05) is 34.1 Å². The van der Waals surface area contributed by atoms with Crippen LogP contribution in [0.3, 0.4) is 0 Å². The largest absolute Gasteiger partial charge is 0.311 e. The lowest BCUT2D eigenvalue weighted by molar-refractivity contribution is 1.27. The standard InChI is InChI=1S/C50H44N2.2CH4/c1-37-5-25-45(26-6-37)51(46-27-7-38(2)8-28-46)49-33-21-43(22-34-49)19-17-41-13-15-42(16-14-41)18-20-44-23-35-50(36-24-44)52(47-29-9-39(3)10-30-47)48-31-11-40(4)12-32-48;;/h5-36H,1-4H3;2*1H4/b19-17+,20-18+;;. The quantitative estimate of drug-likeness (QED) is 0.131. The topological polar surface area (TPSA) is 6.48 Å². The summed E-state index contributed by atoms with van der Waals surface area (Å²) >= 11 is 0. The Kier molecular flexibility index (Phi) is 12.9. The number of benzene rings is 7. The van der Waals surface area contributed by atoms with E-state index >= 15 is 0 Å². The minimum absolute atomic E-state index is 0. The van der Waals surface area contributed by atoms with Gasteiger partial charge in [0.2, 0.25) is 0 Å². The van der Waals surface area contributed by atoms with E-state index in [2.05, 4.69) is 232 Å². The van der Waals surface area contributed by atoms with Gasteiger partial charge in [-0.15, -0.1) is 0 Å². The molecule has 0 aliphatic carbocycles. The molecule has 7 aromatic carbocycles. The fourth-order valence-corrected chi connectivity index (χ4v) is 6.24. The van der Waals surface area contributed by atoms with Gasteiger partial charge in [-0.3, -0.25) is 0 Å². The lowest BCUT2D eigenvalue weighted by atomic mass is 10.1. The van der Waals surface area contributed by atoms with Crippen molar-refractivity contribution in [2.75, 3.05) is 9.80 Å². The molecule has 0 fully saturated rings. The highest BCUT2D eigenvalue weighted by Crippen LogP contribution is 2.36. The Labute approximate surface area is 324 Å². The molecule has 0 radical (unpaired) electrons. The maximum absolute atomic E-state index is 2.30. The molecule has 0 spiro atoms. The van der Waals surface area contributed by atoms with Crippen LogP contribution in [0.5, 0.6) is 0 Å². The molecule has 0 heterocycles. The number of anilines is 6. The highest BCUT2D eigenvalue weighted by Gasteiger charge is 2.13. The molecule has 54 heavy (non-hydrogen) atoms. The van der Waals surface area contributed by atoms with Gasteiger partial charge >= 0.3 is 0 Å². The van der Waals surface area contributed by atoms with E-state index < -0.39 is 0 Å². The second-order valence-electron chi connectivity index (χ2n) is 13.5. The van der Waals surface area contributed by atoms with Crippen LogP contribution in [0, 0.1) is 27.7 Å². The molecule has 0 N–H and O–H groups in total. The lowest BCUT2D eigenvalue weighted by Crippen LogP contribution is -2.09. The Morgan fingerprint density at radius 2 is 0.389 bits per heavy atom. The van der Waals surface area contributed by atoms with Crippen LogP contribution >= 0.6 is 0 Å². The van der Waals surface area contributed by atoms with Crippen LogP contribution in [0.1, 0.15) is 59.4 Å². The first-order chi connectivity index (χ1) is 25.4. The van der Waals surface area contributed by atoms with Gasteiger partial charge in [0.1, 0.15) is 0 Å². The Morgan fingerprint density at radius 3 is 0.574 bits per heavy atom. The van der Waals surface area contributed by atoms with Gasteiger partial charge in [0.05, 0.1) is 0 Å². The molecule has 270 valence electrons. The fourth-order valence-electron chi connectivity index (χ4n) is 6.24. The Hall–Kier alpha value is -6.38. The molecule has 0 saturated carbocycles. The maximum atomic E-state index is 2.30. The molecule has 0 unspecified atom stereocenters. The third kappa shape index (κ3) is 9.53. The Bertz CT molecular complexity index is 2000. The summed E-state index contributed by atoms with van der Waals surface area (Å²) in [4.78, 5) is 4.61. The Morgan fingerprint density at radius 1 is 0.241 bits per heavy atom. The first-order valence-corrected chi connectivity index (χ1v) is 17.9. The molecule has 2 heteroatoms. The van der Waals surface area contributed by atoms with Crippen LogP contribution in [0.15, 0.2) is 170 Å². The van der Waals surface area contributed by atoms with Crippen LogP contribution in [0.4, 0.5) is 34.1 Å². The zero-order chi connectivity index (χ0) is 35.9. The van der Waals surface area contributed by atoms with Crippen LogP contribution < -0.4 is 9.80 Å². The van der Waals surface area contributed by atoms with Crippen molar-refractivity contribution in [1.29, 1.82) is 0 Å². The van der Waals surface area contributed by atoms with E-state index in [0.717, 1.165) is 45.3 Å². The number of rotatable bonds is 10. The minimum Gasteiger partial charge on any atom is -0.311 e. The average molecular weight is 705 g/mol. The molecule has 0 atom stereocenters. The first-order valence-electron chi connectivity index (χ1n) is 17.9. The van der Waals surface area contributed by atoms with Gasteiger partial charge in [-0.2, -0.15) is 0 Å². The SMILES string of the molecule is C.C.Cc1ccc(N(c2ccc(C)cc2)c2ccc(/C=C/c3ccc(/C=C/c4ccc(N(c5ccc(C)cc5)c5ccc(C)cc5)cc4)cc3)cc2)cc1. The average Bonchev–Trinajstić information content (AvgIpc) is 3.18. The molecular formula is C52H52N2. The van der Waals surface area contributed by atoms with Gasteiger partial charge in [-0.25, -0.2) is 0 Å². The predicted molar refractivity (Wildman–Crippen MR) is 239 cm³/mol. The summed E-state index contributed by atoms with van der Waals surface area (Å²) in [7, 11) is 0. The molecule has 0 bridgehead atoms. The van der Waals surface area contributed by atoms with Crippen molar-refractivity contribution >= 4 is 58.4 Å². The minimum atomic E-state index is 0. The van der Waals surface area contributed by atoms with Crippen LogP contribution in [0.2, 0.25) is 0 Å². The van der Waals surface area contributed by atoms with Crippen LogP contribution in [0.25, 0.3) is 24.3 Å². The summed E-state index contributed by atoms with van der Waals surface area (Å²) in [5.74, 6) is 0. The zero-order valence-corrected chi connectivity index (χ0v) is 30.4. The van der Waals surface area contributed by atoms with E-state index in [1.54, 1.807) is 0 Å². The lowest BCUT2D eigenvalue weighted by Gasteiger charge is -2.25. The highest BCUT2D eigenvalue weighted by atomic mass is 15.1. The van der Waals surface area contributed by atoms with Crippen molar-refractivity contribution in [3.8, 4) is 0 Å². The molecule has 7 rings (SSSR count).